The van der Waals surface area contributed by atoms with Gasteiger partial charge >= 0.3 is 0 Å². The van der Waals surface area contributed by atoms with Crippen molar-refractivity contribution in [2.24, 2.45) is 5.92 Å². The smallest absolute Gasteiger partial charge is 0.253 e. The predicted octanol–water partition coefficient (Wildman–Crippen LogP) is 1.59. The van der Waals surface area contributed by atoms with Gasteiger partial charge in [0, 0.05) is 38.2 Å². The van der Waals surface area contributed by atoms with Crippen LogP contribution in [0.1, 0.15) is 40.0 Å². The third-order valence-electron chi connectivity index (χ3n) is 3.34. The van der Waals surface area contributed by atoms with Gasteiger partial charge in [0.15, 0.2) is 0 Å². The van der Waals surface area contributed by atoms with Gasteiger partial charge in [-0.2, -0.15) is 0 Å². The minimum Gasteiger partial charge on any atom is -0.342 e. The summed E-state index contributed by atoms with van der Waals surface area (Å²) in [6.45, 7) is 8.27. The van der Waals surface area contributed by atoms with Crippen molar-refractivity contribution in [2.75, 3.05) is 19.6 Å². The highest BCUT2D eigenvalue weighted by molar-refractivity contribution is 6.12. The summed E-state index contributed by atoms with van der Waals surface area (Å²) in [5, 5.41) is 0. The Bertz CT molecular complexity index is 380. The molecular formula is C15H24N2O3. The highest BCUT2D eigenvalue weighted by atomic mass is 16.2. The first-order valence-electron chi connectivity index (χ1n) is 7.39. The molecule has 2 aliphatic rings. The molecule has 0 aromatic rings. The van der Waals surface area contributed by atoms with Gasteiger partial charge in [0.1, 0.15) is 0 Å². The van der Waals surface area contributed by atoms with Gasteiger partial charge in [-0.25, -0.2) is 0 Å². The first-order valence-corrected chi connectivity index (χ1v) is 7.39. The third-order valence-corrected chi connectivity index (χ3v) is 3.34. The van der Waals surface area contributed by atoms with E-state index in [4.69, 9.17) is 0 Å². The molecule has 5 heteroatoms. The molecule has 0 spiro atoms. The van der Waals surface area contributed by atoms with Crippen LogP contribution in [0.5, 0.6) is 0 Å². The van der Waals surface area contributed by atoms with Gasteiger partial charge in [-0.05, 0) is 18.8 Å². The normalized spacial score (nSPS) is 17.9. The molecule has 0 unspecified atom stereocenters. The molecule has 0 saturated carbocycles. The van der Waals surface area contributed by atoms with E-state index in [2.05, 4.69) is 6.92 Å². The Morgan fingerprint density at radius 3 is 2.20 bits per heavy atom. The van der Waals surface area contributed by atoms with Gasteiger partial charge in [0.25, 0.3) is 11.8 Å². The standard InChI is InChI=1S/C13H18N2O3.C2H6/c1-10-8-14(9-10)11(16)4-2-3-7-15-12(17)5-6-13(15)18;1-2/h5-6,10H,2-4,7-9H2,1H3;1-2H3. The maximum absolute atomic E-state index is 11.7. The van der Waals surface area contributed by atoms with Crippen LogP contribution in [0, 0.1) is 5.92 Å². The molecule has 2 rings (SSSR count). The highest BCUT2D eigenvalue weighted by Crippen LogP contribution is 2.16. The summed E-state index contributed by atoms with van der Waals surface area (Å²) < 4.78 is 0. The molecule has 0 bridgehead atoms. The molecule has 112 valence electrons. The lowest BCUT2D eigenvalue weighted by Crippen LogP contribution is -2.48. The van der Waals surface area contributed by atoms with Gasteiger partial charge in [-0.3, -0.25) is 19.3 Å². The van der Waals surface area contributed by atoms with Crippen LogP contribution in [0.2, 0.25) is 0 Å². The fraction of sp³-hybridized carbons (Fsp3) is 0.667. The number of likely N-dealkylation sites (tertiary alicyclic amines) is 1. The Kier molecular flexibility index (Phi) is 6.42. The Morgan fingerprint density at radius 2 is 1.70 bits per heavy atom. The number of imide groups is 1. The molecule has 1 fully saturated rings. The van der Waals surface area contributed by atoms with Crippen molar-refractivity contribution in [1.29, 1.82) is 0 Å². The maximum atomic E-state index is 11.7. The van der Waals surface area contributed by atoms with Crippen molar-refractivity contribution < 1.29 is 14.4 Å². The SMILES string of the molecule is CC.CC1CN(C(=O)CCCCN2C(=O)C=CC2=O)C1. The zero-order valence-corrected chi connectivity index (χ0v) is 12.6. The summed E-state index contributed by atoms with van der Waals surface area (Å²) >= 11 is 0. The number of hydrogen-bond acceptors (Lipinski definition) is 3. The van der Waals surface area contributed by atoms with E-state index >= 15 is 0 Å². The minimum atomic E-state index is -0.247. The Balaban J connectivity index is 0.000000956. The molecule has 0 atom stereocenters. The van der Waals surface area contributed by atoms with Crippen LogP contribution in [-0.2, 0) is 14.4 Å². The van der Waals surface area contributed by atoms with Crippen LogP contribution in [0.15, 0.2) is 12.2 Å². The average molecular weight is 280 g/mol. The summed E-state index contributed by atoms with van der Waals surface area (Å²) in [5.41, 5.74) is 0. The van der Waals surface area contributed by atoms with Crippen LogP contribution in [0.3, 0.4) is 0 Å². The summed E-state index contributed by atoms with van der Waals surface area (Å²) in [4.78, 5) is 37.3. The van der Waals surface area contributed by atoms with Gasteiger partial charge < -0.3 is 4.90 Å². The van der Waals surface area contributed by atoms with Crippen molar-refractivity contribution in [3.63, 3.8) is 0 Å². The van der Waals surface area contributed by atoms with Crippen molar-refractivity contribution in [3.8, 4) is 0 Å². The second kappa shape index (κ2) is 7.82. The largest absolute Gasteiger partial charge is 0.342 e. The fourth-order valence-electron chi connectivity index (χ4n) is 2.26. The zero-order valence-electron chi connectivity index (χ0n) is 12.6. The van der Waals surface area contributed by atoms with E-state index in [9.17, 15) is 14.4 Å². The molecule has 0 N–H and O–H groups in total. The lowest BCUT2D eigenvalue weighted by molar-refractivity contribution is -0.137. The minimum absolute atomic E-state index is 0.185. The molecule has 1 saturated heterocycles. The number of hydrogen-bond donors (Lipinski definition) is 0. The van der Waals surface area contributed by atoms with Crippen LogP contribution >= 0.6 is 0 Å². The van der Waals surface area contributed by atoms with E-state index in [1.165, 1.54) is 17.1 Å². The van der Waals surface area contributed by atoms with Crippen molar-refractivity contribution in [1.82, 2.24) is 9.80 Å². The molecule has 0 aromatic carbocycles. The van der Waals surface area contributed by atoms with Gasteiger partial charge in [-0.15, -0.1) is 0 Å². The molecule has 5 nitrogen and oxygen atoms in total. The molecule has 20 heavy (non-hydrogen) atoms. The van der Waals surface area contributed by atoms with Crippen LogP contribution in [0.4, 0.5) is 0 Å². The van der Waals surface area contributed by atoms with Gasteiger partial charge in [-0.1, -0.05) is 20.8 Å². The van der Waals surface area contributed by atoms with Crippen molar-refractivity contribution >= 4 is 17.7 Å². The van der Waals surface area contributed by atoms with Crippen LogP contribution in [-0.4, -0.2) is 47.2 Å². The molecule has 0 aliphatic carbocycles. The molecule has 2 heterocycles. The monoisotopic (exact) mass is 280 g/mol. The first kappa shape index (κ1) is 16.4. The summed E-state index contributed by atoms with van der Waals surface area (Å²) in [6, 6.07) is 0. The number of rotatable bonds is 5. The lowest BCUT2D eigenvalue weighted by atomic mass is 10.0. The summed E-state index contributed by atoms with van der Waals surface area (Å²) in [5.74, 6) is 0.316. The van der Waals surface area contributed by atoms with Crippen molar-refractivity contribution in [2.45, 2.75) is 40.0 Å². The summed E-state index contributed by atoms with van der Waals surface area (Å²) in [7, 11) is 0. The van der Waals surface area contributed by atoms with E-state index in [1.807, 2.05) is 18.7 Å². The van der Waals surface area contributed by atoms with E-state index in [-0.39, 0.29) is 17.7 Å². The Hall–Kier alpha value is -1.65. The van der Waals surface area contributed by atoms with Gasteiger partial charge in [0.05, 0.1) is 0 Å². The Labute approximate surface area is 120 Å². The van der Waals surface area contributed by atoms with E-state index < -0.39 is 0 Å². The molecule has 0 aromatic heterocycles. The quantitative estimate of drug-likeness (QED) is 0.567. The number of carbonyl (C=O) groups is 3. The number of nitrogens with zero attached hydrogens (tertiary/aromatic N) is 2. The molecule has 0 radical (unpaired) electrons. The predicted molar refractivity (Wildman–Crippen MR) is 76.8 cm³/mol. The van der Waals surface area contributed by atoms with E-state index in [0.29, 0.717) is 25.3 Å². The molecule has 2 aliphatic heterocycles. The highest BCUT2D eigenvalue weighted by Gasteiger charge is 2.26. The van der Waals surface area contributed by atoms with E-state index in [1.54, 1.807) is 0 Å². The summed E-state index contributed by atoms with van der Waals surface area (Å²) in [6.07, 6.45) is 4.50. The second-order valence-corrected chi connectivity index (χ2v) is 5.02. The topological polar surface area (TPSA) is 57.7 Å². The van der Waals surface area contributed by atoms with Crippen molar-refractivity contribution in [3.05, 3.63) is 12.2 Å². The van der Waals surface area contributed by atoms with Crippen LogP contribution in [0.25, 0.3) is 0 Å². The number of unbranched alkanes of at least 4 members (excludes halogenated alkanes) is 1. The number of amides is 3. The fourth-order valence-corrected chi connectivity index (χ4v) is 2.26. The number of carbonyl (C=O) groups excluding carboxylic acids is 3. The maximum Gasteiger partial charge on any atom is 0.253 e. The second-order valence-electron chi connectivity index (χ2n) is 5.02. The molecular weight excluding hydrogens is 256 g/mol. The zero-order chi connectivity index (χ0) is 15.1. The average Bonchev–Trinajstić information content (AvgIpc) is 2.73. The van der Waals surface area contributed by atoms with E-state index in [0.717, 1.165) is 19.5 Å². The first-order chi connectivity index (χ1) is 9.58. The Morgan fingerprint density at radius 1 is 1.15 bits per heavy atom. The third kappa shape index (κ3) is 4.18. The lowest BCUT2D eigenvalue weighted by Gasteiger charge is -2.37. The van der Waals surface area contributed by atoms with Crippen LogP contribution < -0.4 is 0 Å². The molecule has 3 amide bonds. The van der Waals surface area contributed by atoms with Gasteiger partial charge in [0.2, 0.25) is 5.91 Å².